The maximum absolute atomic E-state index is 12.5. The Balaban J connectivity index is 1.52. The Morgan fingerprint density at radius 2 is 2.21 bits per heavy atom. The topological polar surface area (TPSA) is 70.4 Å². The van der Waals surface area contributed by atoms with Gasteiger partial charge in [-0.3, -0.25) is 9.78 Å². The van der Waals surface area contributed by atoms with Gasteiger partial charge in [0.15, 0.2) is 5.88 Å². The molecule has 6 nitrogen and oxygen atoms in total. The lowest BCUT2D eigenvalue weighted by Crippen LogP contribution is -2.43. The molecule has 0 aromatic carbocycles. The molecular formula is C18H24N4O2. The molecule has 2 aliphatic heterocycles. The second-order valence-corrected chi connectivity index (χ2v) is 6.73. The van der Waals surface area contributed by atoms with Crippen LogP contribution in [0.15, 0.2) is 22.7 Å². The molecule has 128 valence electrons. The van der Waals surface area contributed by atoms with Crippen LogP contribution in [0.1, 0.15) is 43.6 Å². The molecule has 1 amide bonds. The number of nitrogens with zero attached hydrogens (tertiary/aromatic N) is 2. The van der Waals surface area contributed by atoms with Gasteiger partial charge in [-0.2, -0.15) is 0 Å². The molecule has 2 aliphatic rings. The van der Waals surface area contributed by atoms with Crippen LogP contribution in [0.5, 0.6) is 0 Å². The Kier molecular flexibility index (Phi) is 3.92. The summed E-state index contributed by atoms with van der Waals surface area (Å²) in [6.07, 6.45) is 5.11. The first-order valence-electron chi connectivity index (χ1n) is 8.89. The summed E-state index contributed by atoms with van der Waals surface area (Å²) < 4.78 is 5.92. The van der Waals surface area contributed by atoms with Crippen molar-refractivity contribution in [3.05, 3.63) is 24.0 Å². The van der Waals surface area contributed by atoms with Gasteiger partial charge < -0.3 is 20.0 Å². The maximum atomic E-state index is 12.5. The van der Waals surface area contributed by atoms with Crippen molar-refractivity contribution in [2.24, 2.45) is 0 Å². The largest absolute Gasteiger partial charge is 0.440 e. The average molecular weight is 328 g/mol. The molecule has 2 saturated heterocycles. The fourth-order valence-corrected chi connectivity index (χ4v) is 3.96. The highest BCUT2D eigenvalue weighted by atomic mass is 16.4. The molecule has 0 saturated carbocycles. The summed E-state index contributed by atoms with van der Waals surface area (Å²) in [7, 11) is 0. The second kappa shape index (κ2) is 6.09. The normalized spacial score (nSPS) is 25.3. The van der Waals surface area contributed by atoms with Crippen molar-refractivity contribution in [1.29, 1.82) is 0 Å². The van der Waals surface area contributed by atoms with Crippen molar-refractivity contribution in [3.63, 3.8) is 0 Å². The zero-order valence-corrected chi connectivity index (χ0v) is 14.2. The molecule has 2 bridgehead atoms. The quantitative estimate of drug-likeness (QED) is 0.881. The van der Waals surface area contributed by atoms with Gasteiger partial charge in [0.25, 0.3) is 5.91 Å². The Labute approximate surface area is 141 Å². The number of nitrogens with one attached hydrogen (secondary N) is 2. The predicted molar refractivity (Wildman–Crippen MR) is 93.4 cm³/mol. The Hall–Kier alpha value is -2.08. The minimum absolute atomic E-state index is 0.114. The number of pyridine rings is 1. The molecule has 0 aliphatic carbocycles. The van der Waals surface area contributed by atoms with E-state index in [0.29, 0.717) is 23.4 Å². The van der Waals surface area contributed by atoms with E-state index >= 15 is 0 Å². The summed E-state index contributed by atoms with van der Waals surface area (Å²) in [4.78, 5) is 19.0. The van der Waals surface area contributed by atoms with E-state index in [0.717, 1.165) is 37.2 Å². The predicted octanol–water partition coefficient (Wildman–Crippen LogP) is 2.30. The molecule has 0 radical (unpaired) electrons. The van der Waals surface area contributed by atoms with Gasteiger partial charge in [-0.25, -0.2) is 0 Å². The number of carbonyl (C=O) groups is 1. The third-order valence-electron chi connectivity index (χ3n) is 5.31. The molecule has 2 aromatic heterocycles. The number of amides is 1. The lowest BCUT2D eigenvalue weighted by molar-refractivity contribution is 0.0926. The fraction of sp³-hybridized carbons (Fsp3) is 0.556. The molecule has 2 N–H and O–H groups in total. The van der Waals surface area contributed by atoms with E-state index in [4.69, 9.17) is 4.42 Å². The maximum Gasteiger partial charge on any atom is 0.270 e. The van der Waals surface area contributed by atoms with Gasteiger partial charge >= 0.3 is 0 Å². The third-order valence-corrected chi connectivity index (χ3v) is 5.31. The Morgan fingerprint density at radius 1 is 1.38 bits per heavy atom. The van der Waals surface area contributed by atoms with Crippen LogP contribution >= 0.6 is 0 Å². The van der Waals surface area contributed by atoms with Gasteiger partial charge in [-0.15, -0.1) is 0 Å². The fourth-order valence-electron chi connectivity index (χ4n) is 3.96. The molecule has 2 fully saturated rings. The summed E-state index contributed by atoms with van der Waals surface area (Å²) >= 11 is 0. The van der Waals surface area contributed by atoms with Crippen LogP contribution in [0.4, 0.5) is 5.88 Å². The first kappa shape index (κ1) is 15.4. The lowest BCUT2D eigenvalue weighted by atomic mass is 9.95. The molecule has 4 heterocycles. The van der Waals surface area contributed by atoms with Crippen LogP contribution in [0, 0.1) is 0 Å². The average Bonchev–Trinajstić information content (AvgIpc) is 3.30. The van der Waals surface area contributed by atoms with Gasteiger partial charge in [0, 0.05) is 54.9 Å². The standard InChI is InChI=1S/C18H24N4O2/c1-3-22(4-2)17-7-11-10-19-15(9-16(11)24-17)18(23)21-14-8-12-5-6-13(14)20-12/h7,9-10,12-14,20H,3-6,8H2,1-2H3,(H,21,23)/t12-,13+,14-/m1/s1. The number of furan rings is 1. The SMILES string of the molecule is CCN(CC)c1cc2cnc(C(=O)N[C@@H]3C[C@H]4CC[C@@H]3N4)cc2o1. The lowest BCUT2D eigenvalue weighted by Gasteiger charge is -2.21. The van der Waals surface area contributed by atoms with Gasteiger partial charge in [-0.05, 0) is 33.1 Å². The summed E-state index contributed by atoms with van der Waals surface area (Å²) in [5, 5.41) is 7.59. The van der Waals surface area contributed by atoms with Crippen molar-refractivity contribution in [3.8, 4) is 0 Å². The molecule has 6 heteroatoms. The molecular weight excluding hydrogens is 304 g/mol. The van der Waals surface area contributed by atoms with Crippen LogP contribution in [0.2, 0.25) is 0 Å². The van der Waals surface area contributed by atoms with E-state index in [-0.39, 0.29) is 11.9 Å². The van der Waals surface area contributed by atoms with E-state index in [1.54, 1.807) is 12.3 Å². The monoisotopic (exact) mass is 328 g/mol. The highest BCUT2D eigenvalue weighted by Crippen LogP contribution is 2.29. The first-order valence-corrected chi connectivity index (χ1v) is 8.89. The van der Waals surface area contributed by atoms with E-state index in [1.165, 1.54) is 6.42 Å². The Morgan fingerprint density at radius 3 is 2.88 bits per heavy atom. The number of hydrogen-bond acceptors (Lipinski definition) is 5. The summed E-state index contributed by atoms with van der Waals surface area (Å²) in [6.45, 7) is 5.96. The van der Waals surface area contributed by atoms with Crippen LogP contribution in [0.25, 0.3) is 11.0 Å². The van der Waals surface area contributed by atoms with Crippen molar-refractivity contribution < 1.29 is 9.21 Å². The van der Waals surface area contributed by atoms with Crippen LogP contribution < -0.4 is 15.5 Å². The highest BCUT2D eigenvalue weighted by molar-refractivity contribution is 5.95. The minimum atomic E-state index is -0.114. The van der Waals surface area contributed by atoms with Gasteiger partial charge in [0.05, 0.1) is 0 Å². The number of aromatic nitrogens is 1. The van der Waals surface area contributed by atoms with Crippen molar-refractivity contribution in [1.82, 2.24) is 15.6 Å². The molecule has 24 heavy (non-hydrogen) atoms. The number of carbonyl (C=O) groups excluding carboxylic acids is 1. The smallest absolute Gasteiger partial charge is 0.270 e. The van der Waals surface area contributed by atoms with E-state index in [1.807, 2.05) is 6.07 Å². The zero-order chi connectivity index (χ0) is 16.7. The van der Waals surface area contributed by atoms with Crippen molar-refractivity contribution >= 4 is 22.8 Å². The highest BCUT2D eigenvalue weighted by Gasteiger charge is 2.39. The third kappa shape index (κ3) is 2.65. The summed E-state index contributed by atoms with van der Waals surface area (Å²) in [5.41, 5.74) is 1.13. The van der Waals surface area contributed by atoms with E-state index < -0.39 is 0 Å². The second-order valence-electron chi connectivity index (χ2n) is 6.73. The first-order chi connectivity index (χ1) is 11.7. The molecule has 0 spiro atoms. The minimum Gasteiger partial charge on any atom is -0.440 e. The molecule has 0 unspecified atom stereocenters. The van der Waals surface area contributed by atoms with Crippen LogP contribution in [-0.4, -0.2) is 42.1 Å². The Bertz CT molecular complexity index is 753. The van der Waals surface area contributed by atoms with Gasteiger partial charge in [0.1, 0.15) is 11.3 Å². The number of rotatable bonds is 5. The zero-order valence-electron chi connectivity index (χ0n) is 14.2. The van der Waals surface area contributed by atoms with Gasteiger partial charge in [0.2, 0.25) is 0 Å². The summed E-state index contributed by atoms with van der Waals surface area (Å²) in [5.74, 6) is 0.712. The van der Waals surface area contributed by atoms with Crippen LogP contribution in [-0.2, 0) is 0 Å². The van der Waals surface area contributed by atoms with Crippen molar-refractivity contribution in [2.75, 3.05) is 18.0 Å². The van der Waals surface area contributed by atoms with Crippen molar-refractivity contribution in [2.45, 2.75) is 51.2 Å². The number of anilines is 1. The summed E-state index contributed by atoms with van der Waals surface area (Å²) in [6, 6.07) is 4.93. The van der Waals surface area contributed by atoms with E-state index in [9.17, 15) is 4.79 Å². The van der Waals surface area contributed by atoms with Crippen LogP contribution in [0.3, 0.4) is 0 Å². The number of hydrogen-bond donors (Lipinski definition) is 2. The molecule has 4 rings (SSSR count). The molecule has 2 aromatic rings. The molecule has 3 atom stereocenters. The number of fused-ring (bicyclic) bond motifs is 3. The van der Waals surface area contributed by atoms with E-state index in [2.05, 4.69) is 34.4 Å². The van der Waals surface area contributed by atoms with Gasteiger partial charge in [-0.1, -0.05) is 0 Å².